The van der Waals surface area contributed by atoms with E-state index in [1.54, 1.807) is 23.9 Å². The molecule has 1 nitrogen and oxygen atoms in total. The topological polar surface area (TPSA) is 26.0 Å². The van der Waals surface area contributed by atoms with Crippen LogP contribution in [0.3, 0.4) is 0 Å². The first-order valence-corrected chi connectivity index (χ1v) is 5.96. The van der Waals surface area contributed by atoms with Gasteiger partial charge in [0, 0.05) is 22.4 Å². The summed E-state index contributed by atoms with van der Waals surface area (Å²) in [5, 5.41) is 0.404. The van der Waals surface area contributed by atoms with Gasteiger partial charge in [0.05, 0.1) is 0 Å². The Hall–Kier alpha value is -0.250. The molecule has 1 aromatic carbocycles. The number of rotatable bonds is 4. The predicted octanol–water partition coefficient (Wildman–Crippen LogP) is 3.23. The van der Waals surface area contributed by atoms with E-state index in [-0.39, 0.29) is 11.9 Å². The zero-order chi connectivity index (χ0) is 10.6. The maximum Gasteiger partial charge on any atom is 0.129 e. The van der Waals surface area contributed by atoms with Crippen LogP contribution >= 0.6 is 23.4 Å². The highest BCUT2D eigenvalue weighted by atomic mass is 35.5. The molecular formula is C10H13ClFNS. The van der Waals surface area contributed by atoms with Crippen molar-refractivity contribution in [3.63, 3.8) is 0 Å². The van der Waals surface area contributed by atoms with E-state index in [1.807, 2.05) is 0 Å². The molecule has 0 saturated heterocycles. The van der Waals surface area contributed by atoms with Crippen molar-refractivity contribution in [3.05, 3.63) is 34.6 Å². The van der Waals surface area contributed by atoms with Crippen molar-refractivity contribution >= 4 is 23.4 Å². The van der Waals surface area contributed by atoms with E-state index in [2.05, 4.69) is 6.92 Å². The first-order chi connectivity index (χ1) is 6.65. The summed E-state index contributed by atoms with van der Waals surface area (Å²) in [4.78, 5) is 0. The quantitative estimate of drug-likeness (QED) is 0.864. The van der Waals surface area contributed by atoms with Crippen LogP contribution in [0.15, 0.2) is 18.2 Å². The van der Waals surface area contributed by atoms with Gasteiger partial charge in [-0.3, -0.25) is 0 Å². The second-order valence-electron chi connectivity index (χ2n) is 2.93. The van der Waals surface area contributed by atoms with Crippen LogP contribution < -0.4 is 5.73 Å². The SMILES string of the molecule is CCSCC(N)c1ccc(Cl)cc1F. The molecule has 4 heteroatoms. The second kappa shape index (κ2) is 5.59. The van der Waals surface area contributed by atoms with Gasteiger partial charge in [0.2, 0.25) is 0 Å². The lowest BCUT2D eigenvalue weighted by Gasteiger charge is -2.12. The van der Waals surface area contributed by atoms with Gasteiger partial charge in [0.15, 0.2) is 0 Å². The average molecular weight is 234 g/mol. The van der Waals surface area contributed by atoms with Crippen LogP contribution in [0.4, 0.5) is 4.39 Å². The smallest absolute Gasteiger partial charge is 0.129 e. The van der Waals surface area contributed by atoms with E-state index < -0.39 is 0 Å². The van der Waals surface area contributed by atoms with Gasteiger partial charge in [-0.1, -0.05) is 24.6 Å². The van der Waals surface area contributed by atoms with E-state index in [1.165, 1.54) is 6.07 Å². The third-order valence-electron chi connectivity index (χ3n) is 1.86. The van der Waals surface area contributed by atoms with E-state index >= 15 is 0 Å². The third-order valence-corrected chi connectivity index (χ3v) is 3.10. The van der Waals surface area contributed by atoms with E-state index in [4.69, 9.17) is 17.3 Å². The van der Waals surface area contributed by atoms with E-state index in [0.29, 0.717) is 10.6 Å². The minimum Gasteiger partial charge on any atom is -0.323 e. The van der Waals surface area contributed by atoms with Gasteiger partial charge in [-0.15, -0.1) is 0 Å². The van der Waals surface area contributed by atoms with Crippen LogP contribution in [0.5, 0.6) is 0 Å². The number of halogens is 2. The Labute approximate surface area is 92.8 Å². The van der Waals surface area contributed by atoms with Crippen molar-refractivity contribution in [2.24, 2.45) is 5.73 Å². The molecule has 0 amide bonds. The molecule has 0 saturated carbocycles. The highest BCUT2D eigenvalue weighted by molar-refractivity contribution is 7.99. The van der Waals surface area contributed by atoms with E-state index in [9.17, 15) is 4.39 Å². The molecule has 0 aromatic heterocycles. The molecule has 14 heavy (non-hydrogen) atoms. The fraction of sp³-hybridized carbons (Fsp3) is 0.400. The fourth-order valence-corrected chi connectivity index (χ4v) is 1.96. The lowest BCUT2D eigenvalue weighted by Crippen LogP contribution is -2.14. The zero-order valence-corrected chi connectivity index (χ0v) is 9.54. The molecule has 0 aliphatic heterocycles. The Bertz CT molecular complexity index is 306. The van der Waals surface area contributed by atoms with Gasteiger partial charge in [-0.05, 0) is 17.9 Å². The number of hydrogen-bond donors (Lipinski definition) is 1. The Kier molecular flexibility index (Phi) is 4.72. The van der Waals surface area contributed by atoms with Gasteiger partial charge < -0.3 is 5.73 Å². The van der Waals surface area contributed by atoms with Crippen LogP contribution in [0.2, 0.25) is 5.02 Å². The number of thioether (sulfide) groups is 1. The van der Waals surface area contributed by atoms with Crippen LogP contribution in [0.1, 0.15) is 18.5 Å². The van der Waals surface area contributed by atoms with E-state index in [0.717, 1.165) is 11.5 Å². The van der Waals surface area contributed by atoms with Gasteiger partial charge >= 0.3 is 0 Å². The van der Waals surface area contributed by atoms with Crippen molar-refractivity contribution in [1.29, 1.82) is 0 Å². The van der Waals surface area contributed by atoms with Crippen LogP contribution in [0, 0.1) is 5.82 Å². The monoisotopic (exact) mass is 233 g/mol. The molecule has 1 aromatic rings. The minimum atomic E-state index is -0.318. The molecule has 1 atom stereocenters. The molecule has 1 unspecified atom stereocenters. The number of hydrogen-bond acceptors (Lipinski definition) is 2. The minimum absolute atomic E-state index is 0.253. The Morgan fingerprint density at radius 2 is 2.29 bits per heavy atom. The normalized spacial score (nSPS) is 12.9. The molecular weight excluding hydrogens is 221 g/mol. The molecule has 0 heterocycles. The lowest BCUT2D eigenvalue weighted by atomic mass is 10.1. The Morgan fingerprint density at radius 3 is 2.86 bits per heavy atom. The summed E-state index contributed by atoms with van der Waals surface area (Å²) in [6, 6.07) is 4.36. The summed E-state index contributed by atoms with van der Waals surface area (Å²) in [6.07, 6.45) is 0. The molecule has 0 aliphatic rings. The average Bonchev–Trinajstić information content (AvgIpc) is 2.14. The third kappa shape index (κ3) is 3.15. The number of benzene rings is 1. The molecule has 78 valence electrons. The molecule has 2 N–H and O–H groups in total. The van der Waals surface area contributed by atoms with Crippen molar-refractivity contribution < 1.29 is 4.39 Å². The first kappa shape index (κ1) is 11.8. The summed E-state index contributed by atoms with van der Waals surface area (Å²) in [5.74, 6) is 1.40. The summed E-state index contributed by atoms with van der Waals surface area (Å²) in [7, 11) is 0. The molecule has 0 spiro atoms. The molecule has 0 radical (unpaired) electrons. The summed E-state index contributed by atoms with van der Waals surface area (Å²) < 4.78 is 13.4. The van der Waals surface area contributed by atoms with Gasteiger partial charge in [0.1, 0.15) is 5.82 Å². The largest absolute Gasteiger partial charge is 0.323 e. The van der Waals surface area contributed by atoms with Crippen molar-refractivity contribution in [3.8, 4) is 0 Å². The van der Waals surface area contributed by atoms with Crippen molar-refractivity contribution in [2.45, 2.75) is 13.0 Å². The second-order valence-corrected chi connectivity index (χ2v) is 4.69. The van der Waals surface area contributed by atoms with Crippen LogP contribution in [-0.2, 0) is 0 Å². The molecule has 1 rings (SSSR count). The first-order valence-electron chi connectivity index (χ1n) is 4.43. The predicted molar refractivity (Wildman–Crippen MR) is 61.3 cm³/mol. The van der Waals surface area contributed by atoms with Crippen LogP contribution in [0.25, 0.3) is 0 Å². The van der Waals surface area contributed by atoms with Crippen molar-refractivity contribution in [1.82, 2.24) is 0 Å². The molecule has 0 aliphatic carbocycles. The molecule has 0 bridgehead atoms. The van der Waals surface area contributed by atoms with Gasteiger partial charge in [-0.2, -0.15) is 11.8 Å². The Balaban J connectivity index is 2.74. The fourth-order valence-electron chi connectivity index (χ4n) is 1.14. The van der Waals surface area contributed by atoms with Gasteiger partial charge in [0.25, 0.3) is 0 Å². The maximum atomic E-state index is 13.4. The molecule has 0 fully saturated rings. The Morgan fingerprint density at radius 1 is 1.57 bits per heavy atom. The maximum absolute atomic E-state index is 13.4. The summed E-state index contributed by atoms with van der Waals surface area (Å²) in [5.41, 5.74) is 6.37. The number of nitrogens with two attached hydrogens (primary N) is 1. The standard InChI is InChI=1S/C10H13ClFNS/c1-2-14-6-10(13)8-4-3-7(11)5-9(8)12/h3-5,10H,2,6,13H2,1H3. The van der Waals surface area contributed by atoms with Gasteiger partial charge in [-0.25, -0.2) is 4.39 Å². The van der Waals surface area contributed by atoms with Crippen molar-refractivity contribution in [2.75, 3.05) is 11.5 Å². The zero-order valence-electron chi connectivity index (χ0n) is 7.97. The summed E-state index contributed by atoms with van der Waals surface area (Å²) >= 11 is 7.34. The summed E-state index contributed by atoms with van der Waals surface area (Å²) in [6.45, 7) is 2.05. The highest BCUT2D eigenvalue weighted by Crippen LogP contribution is 2.21. The lowest BCUT2D eigenvalue weighted by molar-refractivity contribution is 0.595. The highest BCUT2D eigenvalue weighted by Gasteiger charge is 2.11. The van der Waals surface area contributed by atoms with Crippen LogP contribution in [-0.4, -0.2) is 11.5 Å².